The second-order valence-corrected chi connectivity index (χ2v) is 5.34. The highest BCUT2D eigenvalue weighted by molar-refractivity contribution is 7.14. The van der Waals surface area contributed by atoms with Gasteiger partial charge in [0.2, 0.25) is 0 Å². The molecule has 0 N–H and O–H groups in total. The van der Waals surface area contributed by atoms with Crippen molar-refractivity contribution in [3.05, 3.63) is 63.9 Å². The van der Waals surface area contributed by atoms with Crippen LogP contribution in [-0.4, -0.2) is 0 Å². The highest BCUT2D eigenvalue weighted by Gasteiger charge is 2.09. The molecule has 0 fully saturated rings. The topological polar surface area (TPSA) is 0 Å². The molecule has 1 heteroatoms. The lowest BCUT2D eigenvalue weighted by Crippen LogP contribution is -1.78. The molecule has 0 aliphatic heterocycles. The number of hydrogen-bond acceptors (Lipinski definition) is 1. The maximum absolute atomic E-state index is 3.91. The molecular weight excluding hydrogens is 236 g/mol. The number of allylic oxidation sites excluding steroid dienone is 4. The monoisotopic (exact) mass is 256 g/mol. The van der Waals surface area contributed by atoms with Crippen molar-refractivity contribution in [1.82, 2.24) is 0 Å². The fraction of sp³-hybridized carbons (Fsp3) is 0.176. The average molecular weight is 256 g/mol. The van der Waals surface area contributed by atoms with Crippen molar-refractivity contribution in [3.8, 4) is 0 Å². The van der Waals surface area contributed by atoms with Crippen LogP contribution in [0.2, 0.25) is 0 Å². The Kier molecular flexibility index (Phi) is 5.11. The molecule has 0 saturated heterocycles. The first-order valence-electron chi connectivity index (χ1n) is 5.90. The van der Waals surface area contributed by atoms with Crippen LogP contribution < -0.4 is 0 Å². The molecule has 0 unspecified atom stereocenters. The SMILES string of the molecule is C=C/C(C)=C\c1sc(/C=C(/C)C=C)c(C=C)c1C. The van der Waals surface area contributed by atoms with Crippen LogP contribution in [0, 0.1) is 6.92 Å². The van der Waals surface area contributed by atoms with E-state index in [9.17, 15) is 0 Å². The van der Waals surface area contributed by atoms with E-state index in [2.05, 4.69) is 52.7 Å². The summed E-state index contributed by atoms with van der Waals surface area (Å²) in [7, 11) is 0. The lowest BCUT2D eigenvalue weighted by molar-refractivity contribution is 1.48. The third kappa shape index (κ3) is 3.21. The zero-order chi connectivity index (χ0) is 13.7. The van der Waals surface area contributed by atoms with Crippen LogP contribution in [0.25, 0.3) is 18.2 Å². The minimum Gasteiger partial charge on any atom is -0.136 e. The number of thiophene rings is 1. The highest BCUT2D eigenvalue weighted by Crippen LogP contribution is 2.32. The Hall–Kier alpha value is -1.60. The summed E-state index contributed by atoms with van der Waals surface area (Å²) in [5.74, 6) is 0. The zero-order valence-corrected chi connectivity index (χ0v) is 12.2. The summed E-state index contributed by atoms with van der Waals surface area (Å²) in [5, 5.41) is 0. The summed E-state index contributed by atoms with van der Waals surface area (Å²) in [6, 6.07) is 0. The van der Waals surface area contributed by atoms with Gasteiger partial charge in [-0.25, -0.2) is 0 Å². The molecule has 0 atom stereocenters. The van der Waals surface area contributed by atoms with E-state index in [1.54, 1.807) is 11.3 Å². The lowest BCUT2D eigenvalue weighted by Gasteiger charge is -1.96. The van der Waals surface area contributed by atoms with Gasteiger partial charge in [-0.05, 0) is 44.1 Å². The van der Waals surface area contributed by atoms with Gasteiger partial charge >= 0.3 is 0 Å². The van der Waals surface area contributed by atoms with E-state index in [0.717, 1.165) is 5.57 Å². The van der Waals surface area contributed by atoms with E-state index in [0.29, 0.717) is 0 Å². The minimum absolute atomic E-state index is 1.16. The molecule has 1 rings (SSSR count). The standard InChI is InChI=1S/C17H20S/c1-7-12(4)10-16-14(6)15(9-3)17(18-16)11-13(5)8-2/h7-11H,1-3H2,4-6H3/b12-10-,13-11-. The fourth-order valence-electron chi connectivity index (χ4n) is 1.60. The number of hydrogen-bond donors (Lipinski definition) is 0. The lowest BCUT2D eigenvalue weighted by atomic mass is 10.1. The van der Waals surface area contributed by atoms with Gasteiger partial charge in [-0.3, -0.25) is 0 Å². The molecule has 1 heterocycles. The third-order valence-electron chi connectivity index (χ3n) is 2.82. The maximum atomic E-state index is 3.91. The van der Waals surface area contributed by atoms with Gasteiger partial charge < -0.3 is 0 Å². The molecular formula is C17H20S. The van der Waals surface area contributed by atoms with Crippen molar-refractivity contribution in [2.75, 3.05) is 0 Å². The van der Waals surface area contributed by atoms with Gasteiger partial charge in [0.05, 0.1) is 0 Å². The largest absolute Gasteiger partial charge is 0.136 e. The summed E-state index contributed by atoms with van der Waals surface area (Å²) >= 11 is 1.78. The van der Waals surface area contributed by atoms with Crippen LogP contribution in [0.1, 0.15) is 34.7 Å². The first-order chi connectivity index (χ1) is 8.53. The van der Waals surface area contributed by atoms with Crippen LogP contribution in [0.5, 0.6) is 0 Å². The van der Waals surface area contributed by atoms with Crippen molar-refractivity contribution in [2.24, 2.45) is 0 Å². The zero-order valence-electron chi connectivity index (χ0n) is 11.4. The highest BCUT2D eigenvalue weighted by atomic mass is 32.1. The molecule has 0 amide bonds. The molecule has 0 nitrogen and oxygen atoms in total. The van der Waals surface area contributed by atoms with Crippen LogP contribution >= 0.6 is 11.3 Å². The Morgan fingerprint density at radius 2 is 1.44 bits per heavy atom. The summed E-state index contributed by atoms with van der Waals surface area (Å²) in [4.78, 5) is 2.51. The van der Waals surface area contributed by atoms with E-state index in [4.69, 9.17) is 0 Å². The van der Waals surface area contributed by atoms with Gasteiger partial charge in [-0.2, -0.15) is 0 Å². The summed E-state index contributed by atoms with van der Waals surface area (Å²) < 4.78 is 0. The smallest absolute Gasteiger partial charge is 0.0354 e. The quantitative estimate of drug-likeness (QED) is 0.577. The van der Waals surface area contributed by atoms with E-state index in [-0.39, 0.29) is 0 Å². The summed E-state index contributed by atoms with van der Waals surface area (Å²) in [6.07, 6.45) is 9.99. The van der Waals surface area contributed by atoms with Crippen molar-refractivity contribution in [3.63, 3.8) is 0 Å². The van der Waals surface area contributed by atoms with E-state index in [1.807, 2.05) is 18.2 Å². The molecule has 0 aliphatic carbocycles. The molecule has 1 aromatic rings. The molecule has 0 spiro atoms. The maximum Gasteiger partial charge on any atom is 0.0354 e. The van der Waals surface area contributed by atoms with E-state index < -0.39 is 0 Å². The predicted molar refractivity (Wildman–Crippen MR) is 86.8 cm³/mol. The van der Waals surface area contributed by atoms with Crippen molar-refractivity contribution >= 4 is 29.6 Å². The molecule has 0 radical (unpaired) electrons. The van der Waals surface area contributed by atoms with Gasteiger partial charge in [-0.1, -0.05) is 49.1 Å². The second kappa shape index (κ2) is 6.36. The normalized spacial score (nSPS) is 12.4. The van der Waals surface area contributed by atoms with Gasteiger partial charge in [0.25, 0.3) is 0 Å². The van der Waals surface area contributed by atoms with Crippen molar-refractivity contribution < 1.29 is 0 Å². The molecule has 0 aromatic carbocycles. The van der Waals surface area contributed by atoms with Crippen LogP contribution in [0.3, 0.4) is 0 Å². The Morgan fingerprint density at radius 1 is 0.944 bits per heavy atom. The van der Waals surface area contributed by atoms with Crippen molar-refractivity contribution in [1.29, 1.82) is 0 Å². The molecule has 1 aromatic heterocycles. The molecule has 0 bridgehead atoms. The summed E-state index contributed by atoms with van der Waals surface area (Å²) in [6.45, 7) is 17.7. The molecule has 94 valence electrons. The van der Waals surface area contributed by atoms with Gasteiger partial charge in [0.1, 0.15) is 0 Å². The van der Waals surface area contributed by atoms with Gasteiger partial charge in [0, 0.05) is 9.75 Å². The Labute approximate surface area is 114 Å². The third-order valence-corrected chi connectivity index (χ3v) is 4.03. The number of rotatable bonds is 5. The molecule has 18 heavy (non-hydrogen) atoms. The Bertz CT molecular complexity index is 536. The first-order valence-corrected chi connectivity index (χ1v) is 6.72. The van der Waals surface area contributed by atoms with Crippen molar-refractivity contribution in [2.45, 2.75) is 20.8 Å². The van der Waals surface area contributed by atoms with E-state index >= 15 is 0 Å². The first kappa shape index (κ1) is 14.5. The minimum atomic E-state index is 1.16. The van der Waals surface area contributed by atoms with E-state index in [1.165, 1.54) is 26.5 Å². The van der Waals surface area contributed by atoms with Gasteiger partial charge in [0.15, 0.2) is 0 Å². The Morgan fingerprint density at radius 3 is 1.89 bits per heavy atom. The van der Waals surface area contributed by atoms with Gasteiger partial charge in [-0.15, -0.1) is 11.3 Å². The van der Waals surface area contributed by atoms with Crippen LogP contribution in [-0.2, 0) is 0 Å². The predicted octanol–water partition coefficient (Wildman–Crippen LogP) is 5.88. The molecule has 0 saturated carbocycles. The summed E-state index contributed by atoms with van der Waals surface area (Å²) in [5.41, 5.74) is 4.82. The fourth-order valence-corrected chi connectivity index (χ4v) is 2.93. The molecule has 0 aliphatic rings. The average Bonchev–Trinajstić information content (AvgIpc) is 2.65. The second-order valence-electron chi connectivity index (χ2n) is 4.26. The van der Waals surface area contributed by atoms with Crippen LogP contribution in [0.15, 0.2) is 43.0 Å². The Balaban J connectivity index is 3.38. The van der Waals surface area contributed by atoms with Crippen LogP contribution in [0.4, 0.5) is 0 Å².